The van der Waals surface area contributed by atoms with E-state index in [4.69, 9.17) is 4.74 Å². The fraction of sp³-hybridized carbons (Fsp3) is 0.538. The molecule has 0 bridgehead atoms. The van der Waals surface area contributed by atoms with Crippen LogP contribution < -0.4 is 4.74 Å². The van der Waals surface area contributed by atoms with Crippen LogP contribution in [0.1, 0.15) is 19.3 Å². The van der Waals surface area contributed by atoms with E-state index >= 15 is 0 Å². The van der Waals surface area contributed by atoms with Gasteiger partial charge in [0.05, 0.1) is 11.5 Å². The van der Waals surface area contributed by atoms with Crippen molar-refractivity contribution in [2.75, 3.05) is 20.2 Å². The standard InChI is InChI=1S/C13H18N2O3/c1-14-9-2-3-11(14)8-10-18-13-6-4-12(5-7-13)15(16)17/h4-7,11H,2-3,8-10H2,1H3. The summed E-state index contributed by atoms with van der Waals surface area (Å²) in [7, 11) is 2.14. The maximum Gasteiger partial charge on any atom is 0.269 e. The van der Waals surface area contributed by atoms with E-state index in [1.54, 1.807) is 12.1 Å². The second kappa shape index (κ2) is 5.82. The minimum Gasteiger partial charge on any atom is -0.494 e. The van der Waals surface area contributed by atoms with E-state index in [2.05, 4.69) is 11.9 Å². The molecule has 1 fully saturated rings. The Bertz CT molecular complexity index is 405. The van der Waals surface area contributed by atoms with Gasteiger partial charge in [-0.3, -0.25) is 10.1 Å². The van der Waals surface area contributed by atoms with E-state index in [1.807, 2.05) is 0 Å². The van der Waals surface area contributed by atoms with Crippen molar-refractivity contribution in [3.63, 3.8) is 0 Å². The predicted octanol–water partition coefficient (Wildman–Crippen LogP) is 2.46. The molecule has 1 aliphatic rings. The number of ether oxygens (including phenoxy) is 1. The Balaban J connectivity index is 1.78. The van der Waals surface area contributed by atoms with Gasteiger partial charge in [0.25, 0.3) is 5.69 Å². The summed E-state index contributed by atoms with van der Waals surface area (Å²) >= 11 is 0. The molecule has 1 saturated heterocycles. The van der Waals surface area contributed by atoms with Crippen molar-refractivity contribution in [3.8, 4) is 5.75 Å². The number of hydrogen-bond acceptors (Lipinski definition) is 4. The molecule has 1 aromatic carbocycles. The van der Waals surface area contributed by atoms with Gasteiger partial charge in [0.1, 0.15) is 5.75 Å². The average Bonchev–Trinajstić information content (AvgIpc) is 2.76. The van der Waals surface area contributed by atoms with Gasteiger partial charge in [0, 0.05) is 18.2 Å². The topological polar surface area (TPSA) is 55.6 Å². The van der Waals surface area contributed by atoms with Crippen LogP contribution in [0.25, 0.3) is 0 Å². The van der Waals surface area contributed by atoms with E-state index in [-0.39, 0.29) is 5.69 Å². The molecule has 2 rings (SSSR count). The van der Waals surface area contributed by atoms with Crippen molar-refractivity contribution in [3.05, 3.63) is 34.4 Å². The zero-order valence-electron chi connectivity index (χ0n) is 10.5. The third kappa shape index (κ3) is 3.20. The Morgan fingerprint density at radius 2 is 2.17 bits per heavy atom. The van der Waals surface area contributed by atoms with Crippen molar-refractivity contribution >= 4 is 5.69 Å². The Morgan fingerprint density at radius 3 is 2.72 bits per heavy atom. The first kappa shape index (κ1) is 12.8. The first-order valence-electron chi connectivity index (χ1n) is 6.24. The summed E-state index contributed by atoms with van der Waals surface area (Å²) in [5.74, 6) is 0.696. The number of hydrogen-bond donors (Lipinski definition) is 0. The molecule has 0 radical (unpaired) electrons. The molecular formula is C13H18N2O3. The smallest absolute Gasteiger partial charge is 0.269 e. The molecule has 0 spiro atoms. The summed E-state index contributed by atoms with van der Waals surface area (Å²) in [6.07, 6.45) is 3.51. The second-order valence-corrected chi connectivity index (χ2v) is 4.66. The maximum absolute atomic E-state index is 10.5. The quantitative estimate of drug-likeness (QED) is 0.595. The minimum atomic E-state index is -0.405. The van der Waals surface area contributed by atoms with Gasteiger partial charge in [-0.05, 0) is 45.0 Å². The van der Waals surface area contributed by atoms with Crippen LogP contribution in [-0.2, 0) is 0 Å². The predicted molar refractivity (Wildman–Crippen MR) is 68.9 cm³/mol. The molecular weight excluding hydrogens is 232 g/mol. The first-order chi connectivity index (χ1) is 8.66. The Morgan fingerprint density at radius 1 is 1.44 bits per heavy atom. The molecule has 1 atom stereocenters. The van der Waals surface area contributed by atoms with Crippen LogP contribution in [0.2, 0.25) is 0 Å². The highest BCUT2D eigenvalue weighted by atomic mass is 16.6. The van der Waals surface area contributed by atoms with Gasteiger partial charge in [-0.25, -0.2) is 0 Å². The summed E-state index contributed by atoms with van der Waals surface area (Å²) in [5, 5.41) is 10.5. The van der Waals surface area contributed by atoms with E-state index in [0.29, 0.717) is 18.4 Å². The highest BCUT2D eigenvalue weighted by Crippen LogP contribution is 2.20. The van der Waals surface area contributed by atoms with Gasteiger partial charge >= 0.3 is 0 Å². The zero-order chi connectivity index (χ0) is 13.0. The molecule has 0 aromatic heterocycles. The average molecular weight is 250 g/mol. The number of rotatable bonds is 5. The molecule has 1 aromatic rings. The number of nitro benzene ring substituents is 1. The van der Waals surface area contributed by atoms with Crippen LogP contribution in [0.15, 0.2) is 24.3 Å². The van der Waals surface area contributed by atoms with Crippen molar-refractivity contribution < 1.29 is 9.66 Å². The second-order valence-electron chi connectivity index (χ2n) is 4.66. The van der Waals surface area contributed by atoms with E-state index < -0.39 is 4.92 Å². The Labute approximate surface area is 107 Å². The summed E-state index contributed by atoms with van der Waals surface area (Å²) in [5.41, 5.74) is 0.0953. The van der Waals surface area contributed by atoms with Crippen LogP contribution in [0.5, 0.6) is 5.75 Å². The van der Waals surface area contributed by atoms with Gasteiger partial charge in [-0.2, -0.15) is 0 Å². The lowest BCUT2D eigenvalue weighted by atomic mass is 10.1. The van der Waals surface area contributed by atoms with Gasteiger partial charge in [0.15, 0.2) is 0 Å². The van der Waals surface area contributed by atoms with Gasteiger partial charge < -0.3 is 9.64 Å². The van der Waals surface area contributed by atoms with Crippen LogP contribution in [0.3, 0.4) is 0 Å². The minimum absolute atomic E-state index is 0.0953. The molecule has 0 amide bonds. The first-order valence-corrected chi connectivity index (χ1v) is 6.24. The molecule has 5 heteroatoms. The number of benzene rings is 1. The molecule has 1 aliphatic heterocycles. The lowest BCUT2D eigenvalue weighted by Gasteiger charge is -2.19. The highest BCUT2D eigenvalue weighted by Gasteiger charge is 2.20. The fourth-order valence-electron chi connectivity index (χ4n) is 2.32. The third-order valence-electron chi connectivity index (χ3n) is 3.44. The van der Waals surface area contributed by atoms with Crippen LogP contribution >= 0.6 is 0 Å². The molecule has 1 heterocycles. The Hall–Kier alpha value is -1.62. The van der Waals surface area contributed by atoms with E-state index in [1.165, 1.54) is 31.5 Å². The summed E-state index contributed by atoms with van der Waals surface area (Å²) in [4.78, 5) is 12.5. The SMILES string of the molecule is CN1CCCC1CCOc1ccc([N+](=O)[O-])cc1. The van der Waals surface area contributed by atoms with Crippen molar-refractivity contribution in [1.29, 1.82) is 0 Å². The molecule has 5 nitrogen and oxygen atoms in total. The number of nitro groups is 1. The lowest BCUT2D eigenvalue weighted by Crippen LogP contribution is -2.26. The van der Waals surface area contributed by atoms with E-state index in [0.717, 1.165) is 6.42 Å². The Kier molecular flexibility index (Phi) is 4.15. The molecule has 1 unspecified atom stereocenters. The van der Waals surface area contributed by atoms with Crippen LogP contribution in [-0.4, -0.2) is 36.1 Å². The van der Waals surface area contributed by atoms with E-state index in [9.17, 15) is 10.1 Å². The van der Waals surface area contributed by atoms with Gasteiger partial charge in [-0.1, -0.05) is 0 Å². The summed E-state index contributed by atoms with van der Waals surface area (Å²) in [6.45, 7) is 1.83. The number of nitrogens with zero attached hydrogens (tertiary/aromatic N) is 2. The van der Waals surface area contributed by atoms with Crippen LogP contribution in [0.4, 0.5) is 5.69 Å². The number of likely N-dealkylation sites (tertiary alicyclic amines) is 1. The zero-order valence-corrected chi connectivity index (χ0v) is 10.5. The molecule has 0 saturated carbocycles. The van der Waals surface area contributed by atoms with Crippen molar-refractivity contribution in [2.45, 2.75) is 25.3 Å². The third-order valence-corrected chi connectivity index (χ3v) is 3.44. The van der Waals surface area contributed by atoms with Crippen LogP contribution in [0, 0.1) is 10.1 Å². The molecule has 98 valence electrons. The van der Waals surface area contributed by atoms with Gasteiger partial charge in [-0.15, -0.1) is 0 Å². The summed E-state index contributed by atoms with van der Waals surface area (Å²) < 4.78 is 5.60. The van der Waals surface area contributed by atoms with Crippen molar-refractivity contribution in [2.24, 2.45) is 0 Å². The normalized spacial score (nSPS) is 19.9. The number of non-ortho nitro benzene ring substituents is 1. The largest absolute Gasteiger partial charge is 0.494 e. The van der Waals surface area contributed by atoms with Gasteiger partial charge in [0.2, 0.25) is 0 Å². The fourth-order valence-corrected chi connectivity index (χ4v) is 2.32. The highest BCUT2D eigenvalue weighted by molar-refractivity contribution is 5.35. The summed E-state index contributed by atoms with van der Waals surface area (Å²) in [6, 6.07) is 6.85. The molecule has 0 aliphatic carbocycles. The molecule has 18 heavy (non-hydrogen) atoms. The monoisotopic (exact) mass is 250 g/mol. The van der Waals surface area contributed by atoms with Crippen molar-refractivity contribution in [1.82, 2.24) is 4.90 Å². The molecule has 0 N–H and O–H groups in total. The lowest BCUT2D eigenvalue weighted by molar-refractivity contribution is -0.384. The maximum atomic E-state index is 10.5.